The van der Waals surface area contributed by atoms with Gasteiger partial charge in [-0.05, 0) is 31.8 Å². The summed E-state index contributed by atoms with van der Waals surface area (Å²) >= 11 is 0. The minimum atomic E-state index is -2.96. The highest BCUT2D eigenvalue weighted by Gasteiger charge is 2.40. The molecule has 6 heteroatoms. The summed E-state index contributed by atoms with van der Waals surface area (Å²) in [6.45, 7) is 1.94. The molecule has 0 aliphatic carbocycles. The third-order valence-corrected chi connectivity index (χ3v) is 7.09. The van der Waals surface area contributed by atoms with Crippen LogP contribution in [0, 0.1) is 6.92 Å². The molecule has 21 heavy (non-hydrogen) atoms. The Balaban J connectivity index is 1.80. The van der Waals surface area contributed by atoms with Crippen LogP contribution < -0.4 is 0 Å². The van der Waals surface area contributed by atoms with Crippen LogP contribution in [0.4, 0.5) is 0 Å². The third-order valence-electron chi connectivity index (χ3n) is 4.54. The SMILES string of the molecule is Cc1cc2ncc(C3=CC4CCCC(C3)S4(=O)=O)cn2n1. The van der Waals surface area contributed by atoms with E-state index in [1.807, 2.05) is 31.5 Å². The molecule has 0 radical (unpaired) electrons. The van der Waals surface area contributed by atoms with Crippen LogP contribution in [-0.4, -0.2) is 33.5 Å². The first kappa shape index (κ1) is 13.0. The number of fused-ring (bicyclic) bond motifs is 3. The number of rotatable bonds is 1. The van der Waals surface area contributed by atoms with Gasteiger partial charge in [-0.3, -0.25) is 0 Å². The van der Waals surface area contributed by atoms with Gasteiger partial charge in [-0.25, -0.2) is 17.9 Å². The molecular weight excluding hydrogens is 286 g/mol. The Kier molecular flexibility index (Phi) is 2.73. The van der Waals surface area contributed by atoms with E-state index < -0.39 is 9.84 Å². The number of allylic oxidation sites excluding steroid dienone is 1. The van der Waals surface area contributed by atoms with Gasteiger partial charge in [0.1, 0.15) is 0 Å². The molecular formula is C15H17N3O2S. The van der Waals surface area contributed by atoms with Crippen molar-refractivity contribution >= 4 is 21.1 Å². The molecule has 4 heterocycles. The van der Waals surface area contributed by atoms with Crippen LogP contribution in [0.25, 0.3) is 11.2 Å². The second-order valence-electron chi connectivity index (χ2n) is 6.01. The number of aryl methyl sites for hydroxylation is 1. The molecule has 0 saturated carbocycles. The normalized spacial score (nSPS) is 27.6. The van der Waals surface area contributed by atoms with E-state index in [0.29, 0.717) is 6.42 Å². The summed E-state index contributed by atoms with van der Waals surface area (Å²) in [7, 11) is -2.96. The molecule has 1 fully saturated rings. The van der Waals surface area contributed by atoms with Crippen LogP contribution in [0.2, 0.25) is 0 Å². The van der Waals surface area contributed by atoms with Gasteiger partial charge in [-0.2, -0.15) is 5.10 Å². The molecule has 2 bridgehead atoms. The van der Waals surface area contributed by atoms with Gasteiger partial charge < -0.3 is 0 Å². The van der Waals surface area contributed by atoms with E-state index in [2.05, 4.69) is 10.1 Å². The standard InChI is InChI=1S/C15H17N3O2S/c1-10-5-15-16-8-12(9-18(15)17-10)11-6-13-3-2-4-14(7-11)21(13,19)20/h5-6,8-9,13-14H,2-4,7H2,1H3. The van der Waals surface area contributed by atoms with Crippen LogP contribution in [0.1, 0.15) is 36.9 Å². The number of aromatic nitrogens is 3. The topological polar surface area (TPSA) is 64.3 Å². The molecule has 2 aliphatic rings. The number of sulfone groups is 1. The van der Waals surface area contributed by atoms with E-state index in [-0.39, 0.29) is 10.5 Å². The van der Waals surface area contributed by atoms with E-state index in [4.69, 9.17) is 0 Å². The fourth-order valence-electron chi connectivity index (χ4n) is 3.43. The minimum Gasteiger partial charge on any atom is -0.236 e. The van der Waals surface area contributed by atoms with Crippen molar-refractivity contribution in [2.24, 2.45) is 0 Å². The lowest BCUT2D eigenvalue weighted by Crippen LogP contribution is -2.38. The zero-order chi connectivity index (χ0) is 14.6. The maximum atomic E-state index is 12.3. The molecule has 1 saturated heterocycles. The fourth-order valence-corrected chi connectivity index (χ4v) is 5.68. The van der Waals surface area contributed by atoms with Crippen molar-refractivity contribution in [3.63, 3.8) is 0 Å². The maximum Gasteiger partial charge on any atom is 0.159 e. The highest BCUT2D eigenvalue weighted by atomic mass is 32.2. The van der Waals surface area contributed by atoms with Crippen molar-refractivity contribution in [2.45, 2.75) is 43.1 Å². The Bertz CT molecular complexity index is 851. The molecule has 2 unspecified atom stereocenters. The summed E-state index contributed by atoms with van der Waals surface area (Å²) < 4.78 is 26.4. The number of hydrogen-bond acceptors (Lipinski definition) is 4. The predicted molar refractivity (Wildman–Crippen MR) is 80.7 cm³/mol. The maximum absolute atomic E-state index is 12.3. The van der Waals surface area contributed by atoms with Crippen LogP contribution in [0.5, 0.6) is 0 Å². The monoisotopic (exact) mass is 303 g/mol. The first-order valence-corrected chi connectivity index (χ1v) is 8.91. The summed E-state index contributed by atoms with van der Waals surface area (Å²) in [4.78, 5) is 4.42. The van der Waals surface area contributed by atoms with Gasteiger partial charge in [0.15, 0.2) is 15.5 Å². The van der Waals surface area contributed by atoms with Crippen LogP contribution in [0.3, 0.4) is 0 Å². The van der Waals surface area contributed by atoms with Crippen molar-refractivity contribution in [2.75, 3.05) is 0 Å². The lowest BCUT2D eigenvalue weighted by Gasteiger charge is -2.33. The van der Waals surface area contributed by atoms with Crippen molar-refractivity contribution in [1.29, 1.82) is 0 Å². The fraction of sp³-hybridized carbons (Fsp3) is 0.467. The lowest BCUT2D eigenvalue weighted by molar-refractivity contribution is 0.518. The number of nitrogens with zero attached hydrogens (tertiary/aromatic N) is 3. The van der Waals surface area contributed by atoms with Gasteiger partial charge in [0.25, 0.3) is 0 Å². The first-order valence-electron chi connectivity index (χ1n) is 7.30. The summed E-state index contributed by atoms with van der Waals surface area (Å²) in [6, 6.07) is 1.93. The summed E-state index contributed by atoms with van der Waals surface area (Å²) in [6.07, 6.45) is 8.86. The molecule has 2 atom stereocenters. The largest absolute Gasteiger partial charge is 0.236 e. The van der Waals surface area contributed by atoms with E-state index in [1.165, 1.54) is 0 Å². The third kappa shape index (κ3) is 2.00. The Morgan fingerprint density at radius 1 is 1.33 bits per heavy atom. The van der Waals surface area contributed by atoms with Gasteiger partial charge in [0, 0.05) is 24.0 Å². The highest BCUT2D eigenvalue weighted by Crippen LogP contribution is 2.38. The average Bonchev–Trinajstić information content (AvgIpc) is 2.76. The highest BCUT2D eigenvalue weighted by molar-refractivity contribution is 7.93. The smallest absolute Gasteiger partial charge is 0.159 e. The van der Waals surface area contributed by atoms with Crippen molar-refractivity contribution in [3.05, 3.63) is 35.8 Å². The molecule has 2 aromatic rings. The van der Waals surface area contributed by atoms with Gasteiger partial charge in [-0.15, -0.1) is 0 Å². The Labute approximate surface area is 123 Å². The molecule has 0 N–H and O–H groups in total. The molecule has 2 aromatic heterocycles. The Hall–Kier alpha value is -1.69. The summed E-state index contributed by atoms with van der Waals surface area (Å²) in [5, 5.41) is 3.85. The quantitative estimate of drug-likeness (QED) is 0.810. The molecule has 0 amide bonds. The van der Waals surface area contributed by atoms with Crippen LogP contribution in [0.15, 0.2) is 24.5 Å². The van der Waals surface area contributed by atoms with Crippen LogP contribution >= 0.6 is 0 Å². The zero-order valence-electron chi connectivity index (χ0n) is 11.9. The number of hydrogen-bond donors (Lipinski definition) is 0. The summed E-state index contributed by atoms with van der Waals surface area (Å²) in [5.74, 6) is 0. The van der Waals surface area contributed by atoms with E-state index in [1.54, 1.807) is 4.52 Å². The molecule has 0 aromatic carbocycles. The zero-order valence-corrected chi connectivity index (χ0v) is 12.7. The minimum absolute atomic E-state index is 0.216. The molecule has 4 rings (SSSR count). The van der Waals surface area contributed by atoms with E-state index in [9.17, 15) is 8.42 Å². The molecule has 110 valence electrons. The van der Waals surface area contributed by atoms with Crippen molar-refractivity contribution < 1.29 is 8.42 Å². The second-order valence-corrected chi connectivity index (χ2v) is 8.46. The molecule has 2 aliphatic heterocycles. The Morgan fingerprint density at radius 3 is 3.00 bits per heavy atom. The molecule has 5 nitrogen and oxygen atoms in total. The van der Waals surface area contributed by atoms with Gasteiger partial charge in [-0.1, -0.05) is 12.5 Å². The molecule has 0 spiro atoms. The van der Waals surface area contributed by atoms with Gasteiger partial charge in [0.2, 0.25) is 0 Å². The van der Waals surface area contributed by atoms with Gasteiger partial charge >= 0.3 is 0 Å². The lowest BCUT2D eigenvalue weighted by atomic mass is 9.95. The summed E-state index contributed by atoms with van der Waals surface area (Å²) in [5.41, 5.74) is 3.83. The first-order chi connectivity index (χ1) is 10.0. The van der Waals surface area contributed by atoms with Crippen molar-refractivity contribution in [1.82, 2.24) is 14.6 Å². The van der Waals surface area contributed by atoms with Crippen molar-refractivity contribution in [3.8, 4) is 0 Å². The van der Waals surface area contributed by atoms with E-state index in [0.717, 1.165) is 41.7 Å². The Morgan fingerprint density at radius 2 is 2.19 bits per heavy atom. The predicted octanol–water partition coefficient (Wildman–Crippen LogP) is 2.16. The van der Waals surface area contributed by atoms with E-state index >= 15 is 0 Å². The van der Waals surface area contributed by atoms with Gasteiger partial charge in [0.05, 0.1) is 16.2 Å². The average molecular weight is 303 g/mol. The van der Waals surface area contributed by atoms with Crippen LogP contribution in [-0.2, 0) is 9.84 Å². The second kappa shape index (κ2) is 4.40.